The maximum absolute atomic E-state index is 13.5. The molecule has 0 aliphatic rings. The fourth-order valence-corrected chi connectivity index (χ4v) is 1.72. The lowest BCUT2D eigenvalue weighted by Gasteiger charge is -2.14. The lowest BCUT2D eigenvalue weighted by atomic mass is 10.1. The van der Waals surface area contributed by atoms with Crippen molar-refractivity contribution in [2.75, 3.05) is 0 Å². The minimum atomic E-state index is -0.562. The summed E-state index contributed by atoms with van der Waals surface area (Å²) in [5, 5.41) is 3.15. The lowest BCUT2D eigenvalue weighted by Crippen LogP contribution is -2.19. The summed E-state index contributed by atoms with van der Waals surface area (Å²) < 4.78 is 26.3. The van der Waals surface area contributed by atoms with Crippen molar-refractivity contribution in [1.29, 1.82) is 0 Å². The first-order chi connectivity index (χ1) is 8.66. The molecule has 2 aromatic rings. The third-order valence-corrected chi connectivity index (χ3v) is 2.74. The van der Waals surface area contributed by atoms with Crippen molar-refractivity contribution in [2.45, 2.75) is 19.5 Å². The molecule has 0 aliphatic heterocycles. The average Bonchev–Trinajstić information content (AvgIpc) is 2.37. The molecule has 4 heteroatoms. The Labute approximate surface area is 105 Å². The SMILES string of the molecule is CC(NCc1ccccn1)c1ccc(F)cc1F. The molecule has 1 unspecified atom stereocenters. The molecule has 0 bridgehead atoms. The molecule has 2 rings (SSSR count). The van der Waals surface area contributed by atoms with E-state index in [1.807, 2.05) is 25.1 Å². The molecule has 0 saturated heterocycles. The summed E-state index contributed by atoms with van der Waals surface area (Å²) >= 11 is 0. The van der Waals surface area contributed by atoms with E-state index in [2.05, 4.69) is 10.3 Å². The maximum atomic E-state index is 13.5. The zero-order valence-electron chi connectivity index (χ0n) is 10.0. The van der Waals surface area contributed by atoms with Crippen LogP contribution in [0.1, 0.15) is 24.2 Å². The van der Waals surface area contributed by atoms with Crippen LogP contribution in [0.4, 0.5) is 8.78 Å². The second kappa shape index (κ2) is 5.69. The zero-order valence-corrected chi connectivity index (χ0v) is 10.0. The van der Waals surface area contributed by atoms with Crippen LogP contribution >= 0.6 is 0 Å². The van der Waals surface area contributed by atoms with Crippen molar-refractivity contribution in [3.8, 4) is 0 Å². The lowest BCUT2D eigenvalue weighted by molar-refractivity contribution is 0.515. The number of hydrogen-bond acceptors (Lipinski definition) is 2. The smallest absolute Gasteiger partial charge is 0.130 e. The van der Waals surface area contributed by atoms with Crippen LogP contribution in [0, 0.1) is 11.6 Å². The summed E-state index contributed by atoms with van der Waals surface area (Å²) in [4.78, 5) is 4.16. The summed E-state index contributed by atoms with van der Waals surface area (Å²) in [7, 11) is 0. The van der Waals surface area contributed by atoms with E-state index in [1.165, 1.54) is 12.1 Å². The van der Waals surface area contributed by atoms with E-state index in [1.54, 1.807) is 6.20 Å². The third-order valence-electron chi connectivity index (χ3n) is 2.74. The summed E-state index contributed by atoms with van der Waals surface area (Å²) in [5.41, 5.74) is 1.33. The van der Waals surface area contributed by atoms with Gasteiger partial charge in [0.1, 0.15) is 11.6 Å². The van der Waals surface area contributed by atoms with Crippen LogP contribution in [-0.4, -0.2) is 4.98 Å². The van der Waals surface area contributed by atoms with Crippen molar-refractivity contribution >= 4 is 0 Å². The Kier molecular flexibility index (Phi) is 3.99. The second-order valence-electron chi connectivity index (χ2n) is 4.09. The predicted molar refractivity (Wildman–Crippen MR) is 65.8 cm³/mol. The molecule has 1 aromatic carbocycles. The second-order valence-corrected chi connectivity index (χ2v) is 4.09. The van der Waals surface area contributed by atoms with Gasteiger partial charge < -0.3 is 5.32 Å². The number of benzene rings is 1. The highest BCUT2D eigenvalue weighted by Crippen LogP contribution is 2.17. The highest BCUT2D eigenvalue weighted by atomic mass is 19.1. The van der Waals surface area contributed by atoms with Gasteiger partial charge in [0.15, 0.2) is 0 Å². The van der Waals surface area contributed by atoms with Crippen LogP contribution in [0.2, 0.25) is 0 Å². The molecule has 1 N–H and O–H groups in total. The number of nitrogens with one attached hydrogen (secondary N) is 1. The number of aromatic nitrogens is 1. The Morgan fingerprint density at radius 3 is 2.72 bits per heavy atom. The highest BCUT2D eigenvalue weighted by Gasteiger charge is 2.11. The Morgan fingerprint density at radius 2 is 2.06 bits per heavy atom. The van der Waals surface area contributed by atoms with Gasteiger partial charge in [-0.05, 0) is 25.1 Å². The Bertz CT molecular complexity index is 514. The quantitative estimate of drug-likeness (QED) is 0.898. The van der Waals surface area contributed by atoms with Gasteiger partial charge in [0, 0.05) is 30.4 Å². The van der Waals surface area contributed by atoms with Gasteiger partial charge in [-0.2, -0.15) is 0 Å². The van der Waals surface area contributed by atoms with Crippen LogP contribution in [0.3, 0.4) is 0 Å². The van der Waals surface area contributed by atoms with E-state index < -0.39 is 11.6 Å². The van der Waals surface area contributed by atoms with Gasteiger partial charge in [0.05, 0.1) is 5.69 Å². The number of rotatable bonds is 4. The van der Waals surface area contributed by atoms with Crippen molar-refractivity contribution in [1.82, 2.24) is 10.3 Å². The van der Waals surface area contributed by atoms with Crippen molar-refractivity contribution < 1.29 is 8.78 Å². The van der Waals surface area contributed by atoms with Gasteiger partial charge in [0.2, 0.25) is 0 Å². The molecule has 1 heterocycles. The van der Waals surface area contributed by atoms with Gasteiger partial charge in [-0.1, -0.05) is 12.1 Å². The molecule has 0 radical (unpaired) electrons. The molecule has 1 atom stereocenters. The monoisotopic (exact) mass is 248 g/mol. The Morgan fingerprint density at radius 1 is 1.22 bits per heavy atom. The fourth-order valence-electron chi connectivity index (χ4n) is 1.72. The van der Waals surface area contributed by atoms with E-state index in [4.69, 9.17) is 0 Å². The van der Waals surface area contributed by atoms with Crippen molar-refractivity contribution in [3.05, 3.63) is 65.5 Å². The molecule has 18 heavy (non-hydrogen) atoms. The number of nitrogens with zero attached hydrogens (tertiary/aromatic N) is 1. The first kappa shape index (κ1) is 12.6. The topological polar surface area (TPSA) is 24.9 Å². The van der Waals surface area contributed by atoms with Crippen LogP contribution in [0.5, 0.6) is 0 Å². The molecule has 1 aromatic heterocycles. The summed E-state index contributed by atoms with van der Waals surface area (Å²) in [6, 6.07) is 9.04. The van der Waals surface area contributed by atoms with Gasteiger partial charge in [-0.3, -0.25) is 4.98 Å². The third kappa shape index (κ3) is 3.11. The summed E-state index contributed by atoms with van der Waals surface area (Å²) in [6.45, 7) is 2.37. The molecule has 0 aliphatic carbocycles. The van der Waals surface area contributed by atoms with Gasteiger partial charge in [-0.25, -0.2) is 8.78 Å². The van der Waals surface area contributed by atoms with Crippen LogP contribution in [-0.2, 0) is 6.54 Å². The maximum Gasteiger partial charge on any atom is 0.130 e. The van der Waals surface area contributed by atoms with Crippen molar-refractivity contribution in [2.24, 2.45) is 0 Å². The first-order valence-corrected chi connectivity index (χ1v) is 5.75. The number of hydrogen-bond donors (Lipinski definition) is 1. The Hall–Kier alpha value is -1.81. The largest absolute Gasteiger partial charge is 0.304 e. The fraction of sp³-hybridized carbons (Fsp3) is 0.214. The predicted octanol–water partition coefficient (Wildman–Crippen LogP) is 3.21. The molecule has 2 nitrogen and oxygen atoms in total. The summed E-state index contributed by atoms with van der Waals surface area (Å²) in [5.74, 6) is -1.09. The van der Waals surface area contributed by atoms with Crippen molar-refractivity contribution in [3.63, 3.8) is 0 Å². The number of pyridine rings is 1. The first-order valence-electron chi connectivity index (χ1n) is 5.75. The average molecular weight is 248 g/mol. The molecule has 0 saturated carbocycles. The van der Waals surface area contributed by atoms with Gasteiger partial charge in [-0.15, -0.1) is 0 Å². The van der Waals surface area contributed by atoms with E-state index >= 15 is 0 Å². The highest BCUT2D eigenvalue weighted by molar-refractivity contribution is 5.21. The van der Waals surface area contributed by atoms with E-state index in [-0.39, 0.29) is 6.04 Å². The molecule has 0 amide bonds. The summed E-state index contributed by atoms with van der Waals surface area (Å²) in [6.07, 6.45) is 1.71. The standard InChI is InChI=1S/C14H14F2N2/c1-10(13-6-5-11(15)8-14(13)16)18-9-12-4-2-3-7-17-12/h2-8,10,18H,9H2,1H3. The van der Waals surface area contributed by atoms with Gasteiger partial charge in [0.25, 0.3) is 0 Å². The molecular weight excluding hydrogens is 234 g/mol. The molecular formula is C14H14F2N2. The molecule has 0 fully saturated rings. The number of halogens is 2. The Balaban J connectivity index is 2.01. The normalized spacial score (nSPS) is 12.4. The van der Waals surface area contributed by atoms with Crippen LogP contribution < -0.4 is 5.32 Å². The van der Waals surface area contributed by atoms with E-state index in [0.717, 1.165) is 11.8 Å². The minimum Gasteiger partial charge on any atom is -0.304 e. The molecule has 0 spiro atoms. The molecule has 94 valence electrons. The van der Waals surface area contributed by atoms with E-state index in [0.29, 0.717) is 12.1 Å². The minimum absolute atomic E-state index is 0.201. The van der Waals surface area contributed by atoms with E-state index in [9.17, 15) is 8.78 Å². The van der Waals surface area contributed by atoms with Gasteiger partial charge >= 0.3 is 0 Å². The van der Waals surface area contributed by atoms with Crippen LogP contribution in [0.15, 0.2) is 42.6 Å². The zero-order chi connectivity index (χ0) is 13.0. The van der Waals surface area contributed by atoms with Crippen LogP contribution in [0.25, 0.3) is 0 Å².